The molecule has 0 aromatic heterocycles. The molecule has 0 bridgehead atoms. The summed E-state index contributed by atoms with van der Waals surface area (Å²) in [5.41, 5.74) is 7.79. The second kappa shape index (κ2) is 6.87. The molecule has 106 valence electrons. The molecular weight excluding hydrogens is 300 g/mol. The summed E-state index contributed by atoms with van der Waals surface area (Å²) in [5.74, 6) is 0. The molecule has 2 N–H and O–H groups in total. The molecule has 1 saturated carbocycles. The van der Waals surface area contributed by atoms with Gasteiger partial charge in [-0.1, -0.05) is 41.9 Å². The number of hydrogen-bond donors (Lipinski definition) is 1. The zero-order valence-electron chi connectivity index (χ0n) is 12.0. The van der Waals surface area contributed by atoms with Crippen LogP contribution in [0.3, 0.4) is 0 Å². The summed E-state index contributed by atoms with van der Waals surface area (Å²) in [4.78, 5) is 2.63. The second-order valence-corrected chi connectivity index (χ2v) is 6.46. The second-order valence-electron chi connectivity index (χ2n) is 5.54. The van der Waals surface area contributed by atoms with E-state index in [4.69, 9.17) is 5.73 Å². The quantitative estimate of drug-likeness (QED) is 0.818. The minimum Gasteiger partial charge on any atom is -0.326 e. The molecular formula is C16H25BrN2. The van der Waals surface area contributed by atoms with Crippen LogP contribution in [0.1, 0.15) is 51.1 Å². The average molecular weight is 325 g/mol. The Morgan fingerprint density at radius 2 is 2.11 bits per heavy atom. The minimum absolute atomic E-state index is 0.210. The van der Waals surface area contributed by atoms with Crippen LogP contribution in [0, 0.1) is 0 Å². The zero-order chi connectivity index (χ0) is 13.8. The molecule has 0 heterocycles. The number of nitrogens with two attached hydrogens (primary N) is 1. The van der Waals surface area contributed by atoms with E-state index in [1.54, 1.807) is 0 Å². The van der Waals surface area contributed by atoms with Gasteiger partial charge in [0, 0.05) is 16.6 Å². The third-order valence-corrected chi connectivity index (χ3v) is 4.42. The van der Waals surface area contributed by atoms with Gasteiger partial charge in [0.05, 0.1) is 6.04 Å². The first-order chi connectivity index (χ1) is 9.17. The lowest BCUT2D eigenvalue weighted by molar-refractivity contribution is 0.159. The Kier molecular flexibility index (Phi) is 5.43. The van der Waals surface area contributed by atoms with Crippen molar-refractivity contribution in [3.63, 3.8) is 0 Å². The molecule has 2 rings (SSSR count). The topological polar surface area (TPSA) is 29.3 Å². The van der Waals surface area contributed by atoms with Gasteiger partial charge in [-0.2, -0.15) is 0 Å². The number of rotatable bonds is 7. The predicted octanol–water partition coefficient (Wildman–Crippen LogP) is 4.10. The van der Waals surface area contributed by atoms with E-state index in [0.717, 1.165) is 23.5 Å². The van der Waals surface area contributed by atoms with Gasteiger partial charge in [0.1, 0.15) is 0 Å². The molecule has 1 aromatic carbocycles. The van der Waals surface area contributed by atoms with Gasteiger partial charge in [-0.15, -0.1) is 0 Å². The van der Waals surface area contributed by atoms with Gasteiger partial charge in [0.25, 0.3) is 0 Å². The maximum absolute atomic E-state index is 6.44. The Morgan fingerprint density at radius 3 is 2.63 bits per heavy atom. The molecule has 0 saturated heterocycles. The fourth-order valence-corrected chi connectivity index (χ4v) is 3.23. The van der Waals surface area contributed by atoms with Gasteiger partial charge in [-0.05, 0) is 49.9 Å². The Balaban J connectivity index is 2.28. The lowest BCUT2D eigenvalue weighted by Gasteiger charge is -2.36. The van der Waals surface area contributed by atoms with Gasteiger partial charge >= 0.3 is 0 Å². The Hall–Kier alpha value is -0.380. The van der Waals surface area contributed by atoms with Crippen molar-refractivity contribution in [2.75, 3.05) is 6.54 Å². The first-order valence-corrected chi connectivity index (χ1v) is 8.23. The smallest absolute Gasteiger partial charge is 0.0502 e. The molecule has 1 aromatic rings. The fourth-order valence-electron chi connectivity index (χ4n) is 2.81. The van der Waals surface area contributed by atoms with E-state index >= 15 is 0 Å². The monoisotopic (exact) mass is 324 g/mol. The predicted molar refractivity (Wildman–Crippen MR) is 85.2 cm³/mol. The van der Waals surface area contributed by atoms with Crippen LogP contribution in [0.25, 0.3) is 0 Å². The van der Waals surface area contributed by atoms with Gasteiger partial charge in [0.15, 0.2) is 0 Å². The minimum atomic E-state index is 0.210. The average Bonchev–Trinajstić information content (AvgIpc) is 3.22. The lowest BCUT2D eigenvalue weighted by atomic mass is 9.96. The maximum atomic E-state index is 6.44. The van der Waals surface area contributed by atoms with Crippen LogP contribution in [-0.2, 0) is 0 Å². The molecule has 2 nitrogen and oxygen atoms in total. The van der Waals surface area contributed by atoms with E-state index in [9.17, 15) is 0 Å². The van der Waals surface area contributed by atoms with E-state index in [-0.39, 0.29) is 6.04 Å². The van der Waals surface area contributed by atoms with Gasteiger partial charge in [0.2, 0.25) is 0 Å². The summed E-state index contributed by atoms with van der Waals surface area (Å²) in [6, 6.07) is 9.96. The molecule has 19 heavy (non-hydrogen) atoms. The van der Waals surface area contributed by atoms with Crippen LogP contribution in [0.2, 0.25) is 0 Å². The number of halogens is 1. The molecule has 0 aliphatic heterocycles. The van der Waals surface area contributed by atoms with Gasteiger partial charge in [-0.25, -0.2) is 0 Å². The van der Waals surface area contributed by atoms with Gasteiger partial charge < -0.3 is 5.73 Å². The molecule has 0 radical (unpaired) electrons. The SMILES string of the molecule is CCCN(C1CC1)C(c1cccc(Br)c1)C(N)CC. The molecule has 0 spiro atoms. The highest BCUT2D eigenvalue weighted by Gasteiger charge is 2.36. The molecule has 1 aliphatic carbocycles. The van der Waals surface area contributed by atoms with Crippen molar-refractivity contribution in [1.82, 2.24) is 4.90 Å². The summed E-state index contributed by atoms with van der Waals surface area (Å²) < 4.78 is 1.14. The van der Waals surface area contributed by atoms with E-state index < -0.39 is 0 Å². The van der Waals surface area contributed by atoms with Crippen molar-refractivity contribution in [2.24, 2.45) is 5.73 Å². The standard InChI is InChI=1S/C16H25BrN2/c1-3-10-19(14-8-9-14)16(15(18)4-2)12-6-5-7-13(17)11-12/h5-7,11,14-16H,3-4,8-10,18H2,1-2H3. The van der Waals surface area contributed by atoms with E-state index in [1.807, 2.05) is 0 Å². The highest BCUT2D eigenvalue weighted by atomic mass is 79.9. The Labute approximate surface area is 125 Å². The van der Waals surface area contributed by atoms with Crippen molar-refractivity contribution in [3.05, 3.63) is 34.3 Å². The van der Waals surface area contributed by atoms with Gasteiger partial charge in [-0.3, -0.25) is 4.90 Å². The highest BCUT2D eigenvalue weighted by molar-refractivity contribution is 9.10. The van der Waals surface area contributed by atoms with Crippen LogP contribution >= 0.6 is 15.9 Å². The Morgan fingerprint density at radius 1 is 1.37 bits per heavy atom. The summed E-state index contributed by atoms with van der Waals surface area (Å²) in [6.45, 7) is 5.59. The Bertz CT molecular complexity index is 403. The summed E-state index contributed by atoms with van der Waals surface area (Å²) >= 11 is 3.58. The third kappa shape index (κ3) is 3.80. The first-order valence-electron chi connectivity index (χ1n) is 7.44. The van der Waals surface area contributed by atoms with Crippen molar-refractivity contribution < 1.29 is 0 Å². The van der Waals surface area contributed by atoms with Crippen LogP contribution in [0.5, 0.6) is 0 Å². The molecule has 1 fully saturated rings. The molecule has 3 heteroatoms. The molecule has 2 unspecified atom stereocenters. The first kappa shape index (κ1) is 15.0. The summed E-state index contributed by atoms with van der Waals surface area (Å²) in [7, 11) is 0. The van der Waals surface area contributed by atoms with E-state index in [2.05, 4.69) is 58.9 Å². The number of hydrogen-bond acceptors (Lipinski definition) is 2. The van der Waals surface area contributed by atoms with Crippen LogP contribution in [0.15, 0.2) is 28.7 Å². The molecule has 1 aliphatic rings. The van der Waals surface area contributed by atoms with Crippen LogP contribution in [-0.4, -0.2) is 23.5 Å². The summed E-state index contributed by atoms with van der Waals surface area (Å²) in [5, 5.41) is 0. The fraction of sp³-hybridized carbons (Fsp3) is 0.625. The number of benzene rings is 1. The highest BCUT2D eigenvalue weighted by Crippen LogP contribution is 2.37. The lowest BCUT2D eigenvalue weighted by Crippen LogP contribution is -2.42. The molecule has 2 atom stereocenters. The molecule has 0 amide bonds. The van der Waals surface area contributed by atoms with E-state index in [0.29, 0.717) is 6.04 Å². The van der Waals surface area contributed by atoms with Crippen molar-refractivity contribution in [3.8, 4) is 0 Å². The largest absolute Gasteiger partial charge is 0.326 e. The number of nitrogens with zero attached hydrogens (tertiary/aromatic N) is 1. The maximum Gasteiger partial charge on any atom is 0.0502 e. The summed E-state index contributed by atoms with van der Waals surface area (Å²) in [6.07, 6.45) is 4.88. The third-order valence-electron chi connectivity index (χ3n) is 3.92. The zero-order valence-corrected chi connectivity index (χ0v) is 13.6. The van der Waals surface area contributed by atoms with Crippen molar-refractivity contribution in [2.45, 2.75) is 57.7 Å². The van der Waals surface area contributed by atoms with Crippen molar-refractivity contribution >= 4 is 15.9 Å². The van der Waals surface area contributed by atoms with E-state index in [1.165, 1.54) is 24.8 Å². The van der Waals surface area contributed by atoms with Crippen molar-refractivity contribution in [1.29, 1.82) is 0 Å². The van der Waals surface area contributed by atoms with Crippen LogP contribution in [0.4, 0.5) is 0 Å². The van der Waals surface area contributed by atoms with Crippen LogP contribution < -0.4 is 5.73 Å². The normalized spacial score (nSPS) is 18.6.